The molecule has 102 valence electrons. The zero-order chi connectivity index (χ0) is 13.6. The Morgan fingerprint density at radius 1 is 1.37 bits per heavy atom. The van der Waals surface area contributed by atoms with E-state index in [1.165, 1.54) is 12.8 Å². The van der Waals surface area contributed by atoms with E-state index in [9.17, 15) is 4.79 Å². The summed E-state index contributed by atoms with van der Waals surface area (Å²) in [6, 6.07) is 4.12. The van der Waals surface area contributed by atoms with Crippen LogP contribution in [0.15, 0.2) is 21.3 Å². The highest BCUT2D eigenvalue weighted by molar-refractivity contribution is 5.85. The monoisotopic (exact) mass is 261 g/mol. The number of nitrogens with two attached hydrogens (primary N) is 1. The highest BCUT2D eigenvalue weighted by Crippen LogP contribution is 2.33. The fourth-order valence-electron chi connectivity index (χ4n) is 2.87. The molecule has 2 unspecified atom stereocenters. The Morgan fingerprint density at radius 2 is 2.16 bits per heavy atom. The molecule has 5 nitrogen and oxygen atoms in total. The van der Waals surface area contributed by atoms with Crippen LogP contribution < -0.4 is 16.4 Å². The summed E-state index contributed by atoms with van der Waals surface area (Å²) in [7, 11) is 0. The first kappa shape index (κ1) is 12.1. The summed E-state index contributed by atoms with van der Waals surface area (Å²) < 4.78 is 5.03. The lowest BCUT2D eigenvalue weighted by atomic mass is 9.94. The number of fused-ring (bicyclic) bond motifs is 1. The van der Waals surface area contributed by atoms with Gasteiger partial charge >= 0.3 is 5.76 Å². The van der Waals surface area contributed by atoms with Crippen LogP contribution in [0.25, 0.3) is 11.1 Å². The highest BCUT2D eigenvalue weighted by Gasteiger charge is 2.25. The Morgan fingerprint density at radius 3 is 2.95 bits per heavy atom. The molecule has 1 aromatic heterocycles. The molecule has 1 saturated heterocycles. The second-order valence-corrected chi connectivity index (χ2v) is 5.61. The summed E-state index contributed by atoms with van der Waals surface area (Å²) in [6.07, 6.45) is 2.42. The number of hydrogen-bond acceptors (Lipinski definition) is 4. The highest BCUT2D eigenvalue weighted by atomic mass is 16.4. The van der Waals surface area contributed by atoms with Gasteiger partial charge in [0.2, 0.25) is 0 Å². The van der Waals surface area contributed by atoms with Crippen molar-refractivity contribution in [1.82, 2.24) is 4.98 Å². The van der Waals surface area contributed by atoms with Gasteiger partial charge in [0.05, 0.1) is 16.9 Å². The van der Waals surface area contributed by atoms with Crippen molar-refractivity contribution in [1.29, 1.82) is 0 Å². The van der Waals surface area contributed by atoms with Crippen LogP contribution in [-0.4, -0.2) is 17.6 Å². The van der Waals surface area contributed by atoms with Crippen LogP contribution in [0.3, 0.4) is 0 Å². The lowest BCUT2D eigenvalue weighted by Crippen LogP contribution is -2.41. The van der Waals surface area contributed by atoms with Crippen molar-refractivity contribution in [2.45, 2.75) is 32.7 Å². The smallest absolute Gasteiger partial charge is 0.408 e. The number of nitrogen functional groups attached to an aromatic ring is 1. The van der Waals surface area contributed by atoms with Crippen molar-refractivity contribution in [2.24, 2.45) is 5.92 Å². The number of rotatable bonds is 1. The molecule has 0 bridgehead atoms. The van der Waals surface area contributed by atoms with E-state index < -0.39 is 5.76 Å². The van der Waals surface area contributed by atoms with Crippen LogP contribution in [0, 0.1) is 5.92 Å². The molecule has 5 heteroatoms. The van der Waals surface area contributed by atoms with Crippen molar-refractivity contribution >= 4 is 22.5 Å². The molecule has 1 aromatic carbocycles. The van der Waals surface area contributed by atoms with Gasteiger partial charge < -0.3 is 15.1 Å². The van der Waals surface area contributed by atoms with E-state index in [1.807, 2.05) is 6.07 Å². The van der Waals surface area contributed by atoms with Crippen molar-refractivity contribution in [3.8, 4) is 0 Å². The Kier molecular flexibility index (Phi) is 2.77. The van der Waals surface area contributed by atoms with Crippen molar-refractivity contribution in [3.63, 3.8) is 0 Å². The molecule has 3 N–H and O–H groups in total. The second kappa shape index (κ2) is 4.33. The number of H-pyrrole nitrogens is 1. The van der Waals surface area contributed by atoms with E-state index in [-0.39, 0.29) is 0 Å². The molecule has 0 radical (unpaired) electrons. The summed E-state index contributed by atoms with van der Waals surface area (Å²) in [5, 5.41) is 0. The minimum absolute atomic E-state index is 0.438. The van der Waals surface area contributed by atoms with Crippen molar-refractivity contribution in [3.05, 3.63) is 22.7 Å². The Hall–Kier alpha value is -1.91. The molecule has 2 heterocycles. The van der Waals surface area contributed by atoms with E-state index in [2.05, 4.69) is 23.7 Å². The second-order valence-electron chi connectivity index (χ2n) is 5.61. The normalized spacial score (nSPS) is 24.0. The summed E-state index contributed by atoms with van der Waals surface area (Å²) in [6.45, 7) is 5.47. The number of hydrogen-bond donors (Lipinski definition) is 2. The topological polar surface area (TPSA) is 75.3 Å². The van der Waals surface area contributed by atoms with Crippen LogP contribution >= 0.6 is 0 Å². The number of aromatic amines is 1. The van der Waals surface area contributed by atoms with Gasteiger partial charge in [-0.05, 0) is 31.7 Å². The number of benzene rings is 1. The zero-order valence-corrected chi connectivity index (χ0v) is 11.3. The standard InChI is InChI=1S/C14H19N3O2/c1-8-3-4-9(2)17(7-8)12-6-11-13(5-10(12)15)19-14(18)16-11/h5-6,8-9H,3-4,7,15H2,1-2H3,(H,16,18). The Balaban J connectivity index is 2.07. The molecule has 0 spiro atoms. The lowest BCUT2D eigenvalue weighted by molar-refractivity contribution is 0.391. The first-order chi connectivity index (χ1) is 9.04. The van der Waals surface area contributed by atoms with Crippen molar-refractivity contribution in [2.75, 3.05) is 17.2 Å². The van der Waals surface area contributed by atoms with Crippen LogP contribution in [0.4, 0.5) is 11.4 Å². The zero-order valence-electron chi connectivity index (χ0n) is 11.3. The van der Waals surface area contributed by atoms with Gasteiger partial charge in [0.25, 0.3) is 0 Å². The van der Waals surface area contributed by atoms with E-state index in [1.54, 1.807) is 6.07 Å². The number of oxazole rings is 1. The summed E-state index contributed by atoms with van der Waals surface area (Å²) in [4.78, 5) is 16.2. The lowest BCUT2D eigenvalue weighted by Gasteiger charge is -2.39. The Bertz CT molecular complexity index is 658. The van der Waals surface area contributed by atoms with Gasteiger partial charge in [0.15, 0.2) is 5.58 Å². The Labute approximate surface area is 111 Å². The number of piperidine rings is 1. The van der Waals surface area contributed by atoms with Crippen LogP contribution in [0.1, 0.15) is 26.7 Å². The van der Waals surface area contributed by atoms with Gasteiger partial charge in [-0.25, -0.2) is 4.79 Å². The molecule has 3 rings (SSSR count). The van der Waals surface area contributed by atoms with Gasteiger partial charge in [-0.1, -0.05) is 6.92 Å². The molecule has 1 aliphatic heterocycles. The largest absolute Gasteiger partial charge is 0.417 e. The number of aromatic nitrogens is 1. The van der Waals surface area contributed by atoms with Gasteiger partial charge in [-0.3, -0.25) is 4.98 Å². The molecule has 2 aromatic rings. The fourth-order valence-corrected chi connectivity index (χ4v) is 2.87. The van der Waals surface area contributed by atoms with Gasteiger partial charge in [-0.15, -0.1) is 0 Å². The predicted molar refractivity (Wildman–Crippen MR) is 76.5 cm³/mol. The van der Waals surface area contributed by atoms with Gasteiger partial charge in [0, 0.05) is 18.7 Å². The molecule has 0 saturated carbocycles. The number of nitrogens with one attached hydrogen (secondary N) is 1. The first-order valence-electron chi connectivity index (χ1n) is 6.73. The molecular formula is C14H19N3O2. The third-order valence-electron chi connectivity index (χ3n) is 4.00. The van der Waals surface area contributed by atoms with E-state index in [4.69, 9.17) is 10.2 Å². The van der Waals surface area contributed by atoms with Gasteiger partial charge in [-0.2, -0.15) is 0 Å². The van der Waals surface area contributed by atoms with E-state index >= 15 is 0 Å². The quantitative estimate of drug-likeness (QED) is 0.772. The van der Waals surface area contributed by atoms with E-state index in [0.29, 0.717) is 28.7 Å². The number of anilines is 2. The van der Waals surface area contributed by atoms with Crippen molar-refractivity contribution < 1.29 is 4.42 Å². The first-order valence-corrected chi connectivity index (χ1v) is 6.73. The fraction of sp³-hybridized carbons (Fsp3) is 0.500. The average Bonchev–Trinajstić information content (AvgIpc) is 2.70. The maximum Gasteiger partial charge on any atom is 0.417 e. The molecular weight excluding hydrogens is 242 g/mol. The predicted octanol–water partition coefficient (Wildman–Crippen LogP) is 2.33. The summed E-state index contributed by atoms with van der Waals surface area (Å²) in [5.74, 6) is 0.223. The minimum Gasteiger partial charge on any atom is -0.408 e. The molecule has 2 atom stereocenters. The van der Waals surface area contributed by atoms with Gasteiger partial charge in [0.1, 0.15) is 0 Å². The third kappa shape index (κ3) is 2.09. The third-order valence-corrected chi connectivity index (χ3v) is 4.00. The summed E-state index contributed by atoms with van der Waals surface area (Å²) >= 11 is 0. The maximum absolute atomic E-state index is 11.2. The van der Waals surface area contributed by atoms with Crippen LogP contribution in [-0.2, 0) is 0 Å². The maximum atomic E-state index is 11.2. The number of nitrogens with zero attached hydrogens (tertiary/aromatic N) is 1. The molecule has 1 aliphatic rings. The molecule has 19 heavy (non-hydrogen) atoms. The molecule has 1 fully saturated rings. The molecule has 0 amide bonds. The van der Waals surface area contributed by atoms with Crippen LogP contribution in [0.2, 0.25) is 0 Å². The minimum atomic E-state index is -0.438. The molecule has 0 aliphatic carbocycles. The van der Waals surface area contributed by atoms with Crippen LogP contribution in [0.5, 0.6) is 0 Å². The van der Waals surface area contributed by atoms with E-state index in [0.717, 1.165) is 12.2 Å². The SMILES string of the molecule is CC1CCC(C)N(c2cc3[nH]c(=O)oc3cc2N)C1. The average molecular weight is 261 g/mol. The summed E-state index contributed by atoms with van der Waals surface area (Å²) in [5.41, 5.74) is 8.99.